The van der Waals surface area contributed by atoms with Crippen molar-refractivity contribution in [2.45, 2.75) is 19.8 Å². The molecule has 86 valence electrons. The molecule has 0 aromatic heterocycles. The van der Waals surface area contributed by atoms with Gasteiger partial charge in [-0.3, -0.25) is 4.79 Å². The summed E-state index contributed by atoms with van der Waals surface area (Å²) in [5.74, 6) is -0.765. The first-order valence-electron chi connectivity index (χ1n) is 4.90. The highest BCUT2D eigenvalue weighted by molar-refractivity contribution is 5.98. The Morgan fingerprint density at radius 2 is 2.00 bits per heavy atom. The number of ether oxygens (including phenoxy) is 1. The third kappa shape index (κ3) is 3.15. The number of methoxy groups -OCH3 is 1. The van der Waals surface area contributed by atoms with Gasteiger partial charge >= 0.3 is 0 Å². The van der Waals surface area contributed by atoms with Crippen LogP contribution in [0.3, 0.4) is 0 Å². The Balaban J connectivity index is 2.77. The molecule has 0 spiro atoms. The van der Waals surface area contributed by atoms with Crippen molar-refractivity contribution in [3.05, 3.63) is 29.6 Å². The average Bonchev–Trinajstić information content (AvgIpc) is 2.25. The maximum atomic E-state index is 13.3. The molecule has 1 aromatic rings. The molecule has 0 heterocycles. The number of ketones is 2. The van der Waals surface area contributed by atoms with Crippen LogP contribution < -0.4 is 4.74 Å². The van der Waals surface area contributed by atoms with Gasteiger partial charge in [-0.15, -0.1) is 0 Å². The maximum absolute atomic E-state index is 13.3. The molecule has 0 saturated heterocycles. The maximum Gasteiger partial charge on any atom is 0.165 e. The fourth-order valence-corrected chi connectivity index (χ4v) is 1.27. The van der Waals surface area contributed by atoms with Gasteiger partial charge in [0.25, 0.3) is 0 Å². The summed E-state index contributed by atoms with van der Waals surface area (Å²) in [6.07, 6.45) is 0.299. The lowest BCUT2D eigenvalue weighted by molar-refractivity contribution is -0.116. The van der Waals surface area contributed by atoms with Gasteiger partial charge in [0.2, 0.25) is 0 Å². The molecule has 0 saturated carbocycles. The van der Waals surface area contributed by atoms with Crippen LogP contribution in [0.1, 0.15) is 30.1 Å². The van der Waals surface area contributed by atoms with Crippen molar-refractivity contribution in [1.29, 1.82) is 0 Å². The van der Waals surface area contributed by atoms with Crippen LogP contribution in [-0.4, -0.2) is 18.7 Å². The molecule has 1 aromatic carbocycles. The van der Waals surface area contributed by atoms with Gasteiger partial charge in [-0.05, 0) is 25.1 Å². The lowest BCUT2D eigenvalue weighted by atomic mass is 10.1. The first-order chi connectivity index (χ1) is 7.54. The van der Waals surface area contributed by atoms with E-state index in [0.717, 1.165) is 6.07 Å². The van der Waals surface area contributed by atoms with Gasteiger partial charge in [-0.2, -0.15) is 0 Å². The average molecular weight is 224 g/mol. The van der Waals surface area contributed by atoms with Crippen molar-refractivity contribution < 1.29 is 18.7 Å². The Morgan fingerprint density at radius 1 is 1.31 bits per heavy atom. The highest BCUT2D eigenvalue weighted by atomic mass is 19.1. The first-order valence-corrected chi connectivity index (χ1v) is 4.90. The zero-order valence-corrected chi connectivity index (χ0v) is 9.25. The molecular formula is C12H13FO3. The summed E-state index contributed by atoms with van der Waals surface area (Å²) in [4.78, 5) is 22.2. The van der Waals surface area contributed by atoms with Crippen molar-refractivity contribution in [2.24, 2.45) is 0 Å². The standard InChI is InChI=1S/C12H13FO3/c1-8(14)3-5-11(15)9-4-6-12(16-2)10(13)7-9/h4,6-7H,3,5H2,1-2H3. The largest absolute Gasteiger partial charge is 0.494 e. The number of Topliss-reactive ketones (excluding diaryl/α,β-unsaturated/α-hetero) is 2. The molecule has 0 aliphatic rings. The van der Waals surface area contributed by atoms with Crippen molar-refractivity contribution in [1.82, 2.24) is 0 Å². The van der Waals surface area contributed by atoms with E-state index in [2.05, 4.69) is 0 Å². The van der Waals surface area contributed by atoms with E-state index >= 15 is 0 Å². The lowest BCUT2D eigenvalue weighted by Gasteiger charge is -2.04. The number of rotatable bonds is 5. The predicted molar refractivity (Wildman–Crippen MR) is 57.2 cm³/mol. The minimum absolute atomic E-state index is 0.0534. The Morgan fingerprint density at radius 3 is 2.50 bits per heavy atom. The fourth-order valence-electron chi connectivity index (χ4n) is 1.27. The summed E-state index contributed by atoms with van der Waals surface area (Å²) < 4.78 is 18.0. The Labute approximate surface area is 93.2 Å². The van der Waals surface area contributed by atoms with Gasteiger partial charge in [0.05, 0.1) is 7.11 Å². The normalized spacial score (nSPS) is 9.94. The highest BCUT2D eigenvalue weighted by Crippen LogP contribution is 2.18. The number of halogens is 1. The van der Waals surface area contributed by atoms with Gasteiger partial charge in [-0.1, -0.05) is 0 Å². The molecule has 0 atom stereocenters. The van der Waals surface area contributed by atoms with Crippen molar-refractivity contribution in [3.8, 4) is 5.75 Å². The van der Waals surface area contributed by atoms with Crippen LogP contribution in [0.4, 0.5) is 4.39 Å². The van der Waals surface area contributed by atoms with Crippen molar-refractivity contribution in [3.63, 3.8) is 0 Å². The predicted octanol–water partition coefficient (Wildman–Crippen LogP) is 2.39. The topological polar surface area (TPSA) is 43.4 Å². The van der Waals surface area contributed by atoms with E-state index in [9.17, 15) is 14.0 Å². The van der Waals surface area contributed by atoms with E-state index < -0.39 is 5.82 Å². The fraction of sp³-hybridized carbons (Fsp3) is 0.333. The summed E-state index contributed by atoms with van der Waals surface area (Å²) in [7, 11) is 1.36. The van der Waals surface area contributed by atoms with Crippen LogP contribution in [0.2, 0.25) is 0 Å². The van der Waals surface area contributed by atoms with E-state index in [1.54, 1.807) is 0 Å². The zero-order chi connectivity index (χ0) is 12.1. The third-order valence-electron chi connectivity index (χ3n) is 2.18. The molecule has 4 heteroatoms. The summed E-state index contributed by atoms with van der Waals surface area (Å²) in [6.45, 7) is 1.42. The molecular weight excluding hydrogens is 211 g/mol. The van der Waals surface area contributed by atoms with E-state index in [1.807, 2.05) is 0 Å². The van der Waals surface area contributed by atoms with Crippen molar-refractivity contribution in [2.75, 3.05) is 7.11 Å². The molecule has 16 heavy (non-hydrogen) atoms. The molecule has 0 unspecified atom stereocenters. The quantitative estimate of drug-likeness (QED) is 0.721. The summed E-state index contributed by atoms with van der Waals surface area (Å²) >= 11 is 0. The third-order valence-corrected chi connectivity index (χ3v) is 2.18. The minimum Gasteiger partial charge on any atom is -0.494 e. The smallest absolute Gasteiger partial charge is 0.165 e. The van der Waals surface area contributed by atoms with Gasteiger partial charge in [0.1, 0.15) is 5.78 Å². The molecule has 3 nitrogen and oxygen atoms in total. The molecule has 0 radical (unpaired) electrons. The molecule has 0 aliphatic carbocycles. The van der Waals surface area contributed by atoms with Crippen LogP contribution in [-0.2, 0) is 4.79 Å². The van der Waals surface area contributed by atoms with E-state index in [1.165, 1.54) is 26.2 Å². The monoisotopic (exact) mass is 224 g/mol. The second kappa shape index (κ2) is 5.39. The van der Waals surface area contributed by atoms with E-state index in [0.29, 0.717) is 0 Å². The van der Waals surface area contributed by atoms with E-state index in [4.69, 9.17) is 4.74 Å². The van der Waals surface area contributed by atoms with Gasteiger partial charge < -0.3 is 9.53 Å². The summed E-state index contributed by atoms with van der Waals surface area (Å²) in [6, 6.07) is 4.02. The van der Waals surface area contributed by atoms with Crippen LogP contribution in [0.25, 0.3) is 0 Å². The Hall–Kier alpha value is -1.71. The molecule has 0 N–H and O–H groups in total. The molecule has 1 rings (SSSR count). The molecule has 0 aliphatic heterocycles. The minimum atomic E-state index is -0.573. The number of carbonyl (C=O) groups excluding carboxylic acids is 2. The second-order valence-electron chi connectivity index (χ2n) is 3.47. The van der Waals surface area contributed by atoms with Crippen molar-refractivity contribution >= 4 is 11.6 Å². The Kier molecular flexibility index (Phi) is 4.17. The second-order valence-corrected chi connectivity index (χ2v) is 3.47. The van der Waals surface area contributed by atoms with Gasteiger partial charge in [0, 0.05) is 18.4 Å². The molecule has 0 bridgehead atoms. The lowest BCUT2D eigenvalue weighted by Crippen LogP contribution is -2.03. The number of benzene rings is 1. The molecule has 0 fully saturated rings. The SMILES string of the molecule is COc1ccc(C(=O)CCC(C)=O)cc1F. The van der Waals surface area contributed by atoms with E-state index in [-0.39, 0.29) is 35.7 Å². The highest BCUT2D eigenvalue weighted by Gasteiger charge is 2.10. The number of hydrogen-bond donors (Lipinski definition) is 0. The van der Waals surface area contributed by atoms with Gasteiger partial charge in [-0.25, -0.2) is 4.39 Å². The first kappa shape index (κ1) is 12.4. The summed E-state index contributed by atoms with van der Waals surface area (Å²) in [5.41, 5.74) is 0.263. The van der Waals surface area contributed by atoms with Crippen LogP contribution in [0.5, 0.6) is 5.75 Å². The van der Waals surface area contributed by atoms with Gasteiger partial charge in [0.15, 0.2) is 17.3 Å². The van der Waals surface area contributed by atoms with Crippen LogP contribution in [0.15, 0.2) is 18.2 Å². The Bertz CT molecular complexity index is 413. The van der Waals surface area contributed by atoms with Crippen LogP contribution in [0, 0.1) is 5.82 Å². The van der Waals surface area contributed by atoms with Crippen LogP contribution >= 0.6 is 0 Å². The number of carbonyl (C=O) groups is 2. The summed E-state index contributed by atoms with van der Waals surface area (Å²) in [5, 5.41) is 0. The molecule has 0 amide bonds. The number of hydrogen-bond acceptors (Lipinski definition) is 3. The zero-order valence-electron chi connectivity index (χ0n) is 9.25.